The van der Waals surface area contributed by atoms with Crippen LogP contribution in [0.5, 0.6) is 0 Å². The first-order chi connectivity index (χ1) is 13.6. The molecule has 5 nitrogen and oxygen atoms in total. The van der Waals surface area contributed by atoms with E-state index in [1.54, 1.807) is 36.5 Å². The van der Waals surface area contributed by atoms with Gasteiger partial charge in [-0.3, -0.25) is 4.79 Å². The third-order valence-electron chi connectivity index (χ3n) is 4.12. The molecule has 0 aliphatic carbocycles. The normalized spacial score (nSPS) is 11.2. The second-order valence-corrected chi connectivity index (χ2v) is 6.89. The molecule has 4 aromatic rings. The minimum atomic E-state index is -0.319. The van der Waals surface area contributed by atoms with Gasteiger partial charge < -0.3 is 4.98 Å². The number of hydrogen-bond donors (Lipinski definition) is 2. The van der Waals surface area contributed by atoms with Crippen molar-refractivity contribution in [2.45, 2.75) is 0 Å². The van der Waals surface area contributed by atoms with E-state index >= 15 is 0 Å². The predicted molar refractivity (Wildman–Crippen MR) is 113 cm³/mol. The van der Waals surface area contributed by atoms with Gasteiger partial charge in [-0.1, -0.05) is 47.5 Å². The number of fused-ring (bicyclic) bond motifs is 1. The standard InChI is InChI=1S/C21H14Cl2N4O/c22-15-8-5-13(6-9-15)12-24-27-21(28)14-7-10-18-19(11-14)26-20(25-18)16-3-1-2-4-17(16)23/h1-12H,(H,25,26)(H,27,28)/b24-12+. The summed E-state index contributed by atoms with van der Waals surface area (Å²) in [4.78, 5) is 20.1. The zero-order chi connectivity index (χ0) is 19.5. The second kappa shape index (κ2) is 7.84. The lowest BCUT2D eigenvalue weighted by Gasteiger charge is -2.00. The van der Waals surface area contributed by atoms with Crippen molar-refractivity contribution >= 4 is 46.4 Å². The molecule has 0 aliphatic rings. The van der Waals surface area contributed by atoms with Gasteiger partial charge in [0.1, 0.15) is 5.82 Å². The molecule has 3 aromatic carbocycles. The lowest BCUT2D eigenvalue weighted by molar-refractivity contribution is 0.0955. The molecule has 7 heteroatoms. The fourth-order valence-corrected chi connectivity index (χ4v) is 3.06. The van der Waals surface area contributed by atoms with Gasteiger partial charge in [-0.2, -0.15) is 5.10 Å². The van der Waals surface area contributed by atoms with E-state index in [0.717, 1.165) is 22.2 Å². The van der Waals surface area contributed by atoms with Crippen LogP contribution in [0.3, 0.4) is 0 Å². The molecule has 0 unspecified atom stereocenters. The van der Waals surface area contributed by atoms with E-state index in [1.165, 1.54) is 0 Å². The van der Waals surface area contributed by atoms with Gasteiger partial charge in [0.25, 0.3) is 5.91 Å². The number of halogens is 2. The van der Waals surface area contributed by atoms with Crippen LogP contribution in [0, 0.1) is 0 Å². The summed E-state index contributed by atoms with van der Waals surface area (Å²) in [7, 11) is 0. The number of carbonyl (C=O) groups is 1. The Labute approximate surface area is 171 Å². The van der Waals surface area contributed by atoms with Crippen molar-refractivity contribution in [2.24, 2.45) is 5.10 Å². The van der Waals surface area contributed by atoms with Gasteiger partial charge in [-0.15, -0.1) is 0 Å². The summed E-state index contributed by atoms with van der Waals surface area (Å²) in [5, 5.41) is 5.23. The largest absolute Gasteiger partial charge is 0.338 e. The number of benzene rings is 3. The van der Waals surface area contributed by atoms with Crippen LogP contribution < -0.4 is 5.43 Å². The zero-order valence-corrected chi connectivity index (χ0v) is 16.0. The fraction of sp³-hybridized carbons (Fsp3) is 0. The number of aromatic nitrogens is 2. The van der Waals surface area contributed by atoms with Gasteiger partial charge in [0, 0.05) is 16.1 Å². The van der Waals surface area contributed by atoms with Crippen LogP contribution in [0.15, 0.2) is 71.8 Å². The Hall–Kier alpha value is -3.15. The Balaban J connectivity index is 1.53. The van der Waals surface area contributed by atoms with Crippen LogP contribution in [-0.2, 0) is 0 Å². The van der Waals surface area contributed by atoms with E-state index in [4.69, 9.17) is 23.2 Å². The third-order valence-corrected chi connectivity index (χ3v) is 4.70. The molecule has 138 valence electrons. The average Bonchev–Trinajstić information content (AvgIpc) is 3.12. The summed E-state index contributed by atoms with van der Waals surface area (Å²) in [5.74, 6) is 0.333. The van der Waals surface area contributed by atoms with Crippen molar-refractivity contribution in [3.8, 4) is 11.4 Å². The lowest BCUT2D eigenvalue weighted by atomic mass is 10.2. The van der Waals surface area contributed by atoms with E-state index in [-0.39, 0.29) is 5.91 Å². The number of amides is 1. The van der Waals surface area contributed by atoms with Crippen molar-refractivity contribution in [1.29, 1.82) is 0 Å². The van der Waals surface area contributed by atoms with Gasteiger partial charge >= 0.3 is 0 Å². The van der Waals surface area contributed by atoms with E-state index in [1.807, 2.05) is 36.4 Å². The number of H-pyrrole nitrogens is 1. The fourth-order valence-electron chi connectivity index (χ4n) is 2.71. The van der Waals surface area contributed by atoms with Gasteiger partial charge in [0.15, 0.2) is 0 Å². The molecule has 0 bridgehead atoms. The number of carbonyl (C=O) groups excluding carboxylic acids is 1. The summed E-state index contributed by atoms with van der Waals surface area (Å²) in [5.41, 5.74) is 6.11. The highest BCUT2D eigenvalue weighted by molar-refractivity contribution is 6.33. The summed E-state index contributed by atoms with van der Waals surface area (Å²) in [6, 6.07) is 19.8. The Morgan fingerprint density at radius 3 is 2.61 bits per heavy atom. The highest BCUT2D eigenvalue weighted by atomic mass is 35.5. The van der Waals surface area contributed by atoms with Crippen LogP contribution in [0.4, 0.5) is 0 Å². The highest BCUT2D eigenvalue weighted by Crippen LogP contribution is 2.27. The third kappa shape index (κ3) is 3.91. The molecule has 0 saturated carbocycles. The summed E-state index contributed by atoms with van der Waals surface area (Å²) in [6.45, 7) is 0. The van der Waals surface area contributed by atoms with Crippen molar-refractivity contribution in [3.05, 3.63) is 87.9 Å². The molecular formula is C21H14Cl2N4O. The topological polar surface area (TPSA) is 70.1 Å². The first-order valence-corrected chi connectivity index (χ1v) is 9.19. The SMILES string of the molecule is O=C(N/N=C/c1ccc(Cl)cc1)c1ccc2nc(-c3ccccc3Cl)[nH]c2c1. The first-order valence-electron chi connectivity index (χ1n) is 8.44. The quantitative estimate of drug-likeness (QED) is 0.355. The number of hydrazone groups is 1. The molecule has 4 rings (SSSR count). The van der Waals surface area contributed by atoms with Crippen LogP contribution in [0.25, 0.3) is 22.4 Å². The van der Waals surface area contributed by atoms with Crippen LogP contribution in [0.1, 0.15) is 15.9 Å². The van der Waals surface area contributed by atoms with E-state index in [0.29, 0.717) is 21.4 Å². The van der Waals surface area contributed by atoms with Crippen LogP contribution in [-0.4, -0.2) is 22.1 Å². The monoisotopic (exact) mass is 408 g/mol. The first kappa shape index (κ1) is 18.2. The minimum Gasteiger partial charge on any atom is -0.338 e. The summed E-state index contributed by atoms with van der Waals surface area (Å²) in [6.07, 6.45) is 1.55. The highest BCUT2D eigenvalue weighted by Gasteiger charge is 2.11. The molecule has 1 aromatic heterocycles. The smallest absolute Gasteiger partial charge is 0.271 e. The van der Waals surface area contributed by atoms with Crippen LogP contribution in [0.2, 0.25) is 10.0 Å². The summed E-state index contributed by atoms with van der Waals surface area (Å²) < 4.78 is 0. The Bertz CT molecular complexity index is 1180. The van der Waals surface area contributed by atoms with Crippen molar-refractivity contribution < 1.29 is 4.79 Å². The second-order valence-electron chi connectivity index (χ2n) is 6.05. The maximum Gasteiger partial charge on any atom is 0.271 e. The van der Waals surface area contributed by atoms with Gasteiger partial charge in [-0.25, -0.2) is 10.4 Å². The van der Waals surface area contributed by atoms with Gasteiger partial charge in [0.2, 0.25) is 0 Å². The van der Waals surface area contributed by atoms with Gasteiger partial charge in [0.05, 0.1) is 22.3 Å². The molecular weight excluding hydrogens is 395 g/mol. The number of nitrogens with one attached hydrogen (secondary N) is 2. The summed E-state index contributed by atoms with van der Waals surface area (Å²) >= 11 is 12.1. The predicted octanol–water partition coefficient (Wildman–Crippen LogP) is 5.30. The van der Waals surface area contributed by atoms with Crippen LogP contribution >= 0.6 is 23.2 Å². The number of hydrogen-bond acceptors (Lipinski definition) is 3. The zero-order valence-electron chi connectivity index (χ0n) is 14.5. The Morgan fingerprint density at radius 2 is 1.82 bits per heavy atom. The Morgan fingerprint density at radius 1 is 1.04 bits per heavy atom. The van der Waals surface area contributed by atoms with Crippen molar-refractivity contribution in [3.63, 3.8) is 0 Å². The van der Waals surface area contributed by atoms with E-state index in [2.05, 4.69) is 20.5 Å². The van der Waals surface area contributed by atoms with Crippen molar-refractivity contribution in [1.82, 2.24) is 15.4 Å². The molecule has 0 aliphatic heterocycles. The van der Waals surface area contributed by atoms with Crippen molar-refractivity contribution in [2.75, 3.05) is 0 Å². The Kier molecular flexibility index (Phi) is 5.10. The maximum atomic E-state index is 12.4. The minimum absolute atomic E-state index is 0.319. The molecule has 2 N–H and O–H groups in total. The number of rotatable bonds is 4. The molecule has 0 atom stereocenters. The average molecular weight is 409 g/mol. The van der Waals surface area contributed by atoms with Gasteiger partial charge in [-0.05, 0) is 48.0 Å². The molecule has 1 heterocycles. The van der Waals surface area contributed by atoms with E-state index in [9.17, 15) is 4.79 Å². The van der Waals surface area contributed by atoms with E-state index < -0.39 is 0 Å². The molecule has 0 saturated heterocycles. The maximum absolute atomic E-state index is 12.4. The number of imidazole rings is 1. The molecule has 1 amide bonds. The molecule has 0 fully saturated rings. The molecule has 0 spiro atoms. The molecule has 0 radical (unpaired) electrons. The number of nitrogens with zero attached hydrogens (tertiary/aromatic N) is 2. The number of aromatic amines is 1. The lowest BCUT2D eigenvalue weighted by Crippen LogP contribution is -2.17. The molecule has 28 heavy (non-hydrogen) atoms.